The number of halogens is 1. The first kappa shape index (κ1) is 17.0. The topological polar surface area (TPSA) is 32.3 Å². The summed E-state index contributed by atoms with van der Waals surface area (Å²) in [6.45, 7) is 12.0. The average Bonchev–Trinajstić information content (AvgIpc) is 2.25. The van der Waals surface area contributed by atoms with Crippen molar-refractivity contribution in [3.8, 4) is 0 Å². The van der Waals surface area contributed by atoms with Crippen LogP contribution in [0.3, 0.4) is 0 Å². The Balaban J connectivity index is 0.00000200. The van der Waals surface area contributed by atoms with Crippen molar-refractivity contribution in [1.29, 1.82) is 0 Å². The molecule has 1 N–H and O–H groups in total. The second-order valence-electron chi connectivity index (χ2n) is 5.95. The highest BCUT2D eigenvalue weighted by Crippen LogP contribution is 2.19. The van der Waals surface area contributed by atoms with Crippen molar-refractivity contribution in [3.05, 3.63) is 34.4 Å². The third-order valence-corrected chi connectivity index (χ3v) is 3.74. The Morgan fingerprint density at radius 3 is 2.00 bits per heavy atom. The number of nitrogens with one attached hydrogen (secondary N) is 1. The number of nitrogens with zero attached hydrogens (tertiary/aromatic N) is 1. The first-order valence-electron chi connectivity index (χ1n) is 7.01. The number of amides is 1. The molecule has 2 atom stereocenters. The Kier molecular flexibility index (Phi) is 5.60. The molecule has 0 aliphatic carbocycles. The molecule has 1 saturated heterocycles. The van der Waals surface area contributed by atoms with Crippen LogP contribution in [0, 0.1) is 20.8 Å². The summed E-state index contributed by atoms with van der Waals surface area (Å²) in [5, 5.41) is 3.46. The van der Waals surface area contributed by atoms with E-state index >= 15 is 0 Å². The first-order valence-corrected chi connectivity index (χ1v) is 7.01. The highest BCUT2D eigenvalue weighted by atomic mass is 35.5. The Labute approximate surface area is 128 Å². The van der Waals surface area contributed by atoms with Gasteiger partial charge in [-0.3, -0.25) is 4.79 Å². The molecule has 1 aliphatic rings. The number of carbonyl (C=O) groups is 1. The predicted octanol–water partition coefficient (Wildman–Crippen LogP) is 2.86. The maximum Gasteiger partial charge on any atom is 0.254 e. The molecule has 2 unspecified atom stereocenters. The highest BCUT2D eigenvalue weighted by Gasteiger charge is 2.27. The minimum absolute atomic E-state index is 0. The zero-order chi connectivity index (χ0) is 14.2. The molecular weight excluding hydrogens is 272 g/mol. The van der Waals surface area contributed by atoms with Gasteiger partial charge >= 0.3 is 0 Å². The van der Waals surface area contributed by atoms with Crippen molar-refractivity contribution in [2.24, 2.45) is 0 Å². The molecule has 1 aliphatic heterocycles. The number of piperazine rings is 1. The van der Waals surface area contributed by atoms with E-state index in [1.54, 1.807) is 0 Å². The van der Waals surface area contributed by atoms with Crippen LogP contribution >= 0.6 is 12.4 Å². The third-order valence-electron chi connectivity index (χ3n) is 3.74. The second kappa shape index (κ2) is 6.59. The quantitative estimate of drug-likeness (QED) is 0.864. The third kappa shape index (κ3) is 3.53. The maximum absolute atomic E-state index is 12.7. The molecule has 0 saturated carbocycles. The molecule has 0 spiro atoms. The Hall–Kier alpha value is -1.06. The lowest BCUT2D eigenvalue weighted by Gasteiger charge is -2.36. The second-order valence-corrected chi connectivity index (χ2v) is 5.95. The summed E-state index contributed by atoms with van der Waals surface area (Å²) in [5.41, 5.74) is 4.27. The van der Waals surface area contributed by atoms with E-state index in [1.807, 2.05) is 18.7 Å². The van der Waals surface area contributed by atoms with Crippen molar-refractivity contribution in [1.82, 2.24) is 10.2 Å². The molecule has 1 heterocycles. The van der Waals surface area contributed by atoms with Crippen molar-refractivity contribution in [3.63, 3.8) is 0 Å². The Morgan fingerprint density at radius 1 is 1.10 bits per heavy atom. The van der Waals surface area contributed by atoms with Gasteiger partial charge in [-0.05, 0) is 45.7 Å². The van der Waals surface area contributed by atoms with E-state index in [-0.39, 0.29) is 18.3 Å². The number of aryl methyl sites for hydroxylation is 3. The molecule has 112 valence electrons. The van der Waals surface area contributed by atoms with E-state index in [2.05, 4.69) is 38.2 Å². The molecule has 0 bridgehead atoms. The Morgan fingerprint density at radius 2 is 1.55 bits per heavy atom. The van der Waals surface area contributed by atoms with Crippen LogP contribution in [-0.4, -0.2) is 36.0 Å². The van der Waals surface area contributed by atoms with Crippen LogP contribution in [-0.2, 0) is 0 Å². The number of hydrogen-bond acceptors (Lipinski definition) is 2. The van der Waals surface area contributed by atoms with Crippen LogP contribution in [0.4, 0.5) is 0 Å². The van der Waals surface area contributed by atoms with Crippen LogP contribution in [0.1, 0.15) is 40.9 Å². The molecule has 1 aromatic rings. The summed E-state index contributed by atoms with van der Waals surface area (Å²) in [5.74, 6) is 0.176. The van der Waals surface area contributed by atoms with Crippen LogP contribution in [0.25, 0.3) is 0 Å². The van der Waals surface area contributed by atoms with Crippen LogP contribution in [0.15, 0.2) is 12.1 Å². The molecule has 1 aromatic carbocycles. The summed E-state index contributed by atoms with van der Waals surface area (Å²) >= 11 is 0. The minimum atomic E-state index is 0. The number of rotatable bonds is 1. The van der Waals surface area contributed by atoms with Gasteiger partial charge in [-0.25, -0.2) is 0 Å². The molecule has 0 aromatic heterocycles. The van der Waals surface area contributed by atoms with Crippen LogP contribution in [0.2, 0.25) is 0 Å². The summed E-state index contributed by atoms with van der Waals surface area (Å²) in [6.07, 6.45) is 0. The molecule has 1 amide bonds. The van der Waals surface area contributed by atoms with Crippen LogP contribution in [0.5, 0.6) is 0 Å². The molecule has 2 rings (SSSR count). The lowest BCUT2D eigenvalue weighted by atomic mass is 9.98. The lowest BCUT2D eigenvalue weighted by molar-refractivity contribution is 0.0672. The fraction of sp³-hybridized carbons (Fsp3) is 0.562. The molecule has 4 heteroatoms. The SMILES string of the molecule is Cc1cc(C)c(C(=O)N2CC(C)NC(C)C2)c(C)c1.Cl. The van der Waals surface area contributed by atoms with Crippen LogP contribution < -0.4 is 5.32 Å². The van der Waals surface area contributed by atoms with E-state index in [0.29, 0.717) is 12.1 Å². The van der Waals surface area contributed by atoms with Gasteiger partial charge in [-0.1, -0.05) is 17.7 Å². The molecule has 1 fully saturated rings. The van der Waals surface area contributed by atoms with Gasteiger partial charge in [0, 0.05) is 30.7 Å². The summed E-state index contributed by atoms with van der Waals surface area (Å²) in [7, 11) is 0. The van der Waals surface area contributed by atoms with E-state index in [1.165, 1.54) is 5.56 Å². The zero-order valence-corrected chi connectivity index (χ0v) is 13.8. The van der Waals surface area contributed by atoms with Crippen molar-refractivity contribution < 1.29 is 4.79 Å². The molecule has 0 radical (unpaired) electrons. The predicted molar refractivity (Wildman–Crippen MR) is 85.9 cm³/mol. The highest BCUT2D eigenvalue weighted by molar-refractivity contribution is 5.97. The summed E-state index contributed by atoms with van der Waals surface area (Å²) in [4.78, 5) is 14.7. The number of carbonyl (C=O) groups excluding carboxylic acids is 1. The average molecular weight is 297 g/mol. The van der Waals surface area contributed by atoms with Crippen molar-refractivity contribution in [2.75, 3.05) is 13.1 Å². The van der Waals surface area contributed by atoms with Crippen molar-refractivity contribution >= 4 is 18.3 Å². The fourth-order valence-corrected chi connectivity index (χ4v) is 3.17. The number of benzene rings is 1. The maximum atomic E-state index is 12.7. The smallest absolute Gasteiger partial charge is 0.254 e. The molecule has 3 nitrogen and oxygen atoms in total. The standard InChI is InChI=1S/C16H24N2O.ClH/c1-10-6-11(2)15(12(3)7-10)16(19)18-8-13(4)17-14(5)9-18;/h6-7,13-14,17H,8-9H2,1-5H3;1H. The van der Waals surface area contributed by atoms with E-state index in [0.717, 1.165) is 29.8 Å². The molecular formula is C16H25ClN2O. The monoisotopic (exact) mass is 296 g/mol. The van der Waals surface area contributed by atoms with Gasteiger partial charge in [-0.2, -0.15) is 0 Å². The van der Waals surface area contributed by atoms with Gasteiger partial charge in [0.25, 0.3) is 5.91 Å². The summed E-state index contributed by atoms with van der Waals surface area (Å²) < 4.78 is 0. The normalized spacial score (nSPS) is 22.4. The largest absolute Gasteiger partial charge is 0.336 e. The van der Waals surface area contributed by atoms with Gasteiger partial charge in [0.2, 0.25) is 0 Å². The number of hydrogen-bond donors (Lipinski definition) is 1. The zero-order valence-electron chi connectivity index (χ0n) is 13.0. The van der Waals surface area contributed by atoms with Gasteiger partial charge in [0.05, 0.1) is 0 Å². The van der Waals surface area contributed by atoms with E-state index in [4.69, 9.17) is 0 Å². The lowest BCUT2D eigenvalue weighted by Crippen LogP contribution is -2.56. The fourth-order valence-electron chi connectivity index (χ4n) is 3.17. The van der Waals surface area contributed by atoms with Gasteiger partial charge in [-0.15, -0.1) is 12.4 Å². The van der Waals surface area contributed by atoms with Crippen molar-refractivity contribution in [2.45, 2.75) is 46.7 Å². The van der Waals surface area contributed by atoms with Gasteiger partial charge < -0.3 is 10.2 Å². The van der Waals surface area contributed by atoms with Gasteiger partial charge in [0.15, 0.2) is 0 Å². The van der Waals surface area contributed by atoms with E-state index in [9.17, 15) is 4.79 Å². The van der Waals surface area contributed by atoms with Gasteiger partial charge in [0.1, 0.15) is 0 Å². The minimum Gasteiger partial charge on any atom is -0.336 e. The first-order chi connectivity index (χ1) is 8.88. The Bertz CT molecular complexity index is 468. The summed E-state index contributed by atoms with van der Waals surface area (Å²) in [6, 6.07) is 4.91. The molecule has 20 heavy (non-hydrogen) atoms. The van der Waals surface area contributed by atoms with E-state index < -0.39 is 0 Å².